The fourth-order valence-corrected chi connectivity index (χ4v) is 2.77. The Morgan fingerprint density at radius 1 is 1.12 bits per heavy atom. The van der Waals surface area contributed by atoms with Crippen molar-refractivity contribution < 1.29 is 19.0 Å². The van der Waals surface area contributed by atoms with Crippen LogP contribution in [0.5, 0.6) is 17.2 Å². The minimum absolute atomic E-state index is 0.173. The molecule has 0 aliphatic carbocycles. The number of carbonyl (C=O) groups is 1. The predicted molar refractivity (Wildman–Crippen MR) is 101 cm³/mol. The van der Waals surface area contributed by atoms with E-state index in [1.807, 2.05) is 56.3 Å². The van der Waals surface area contributed by atoms with Crippen molar-refractivity contribution in [2.24, 2.45) is 0 Å². The molecule has 1 aliphatic rings. The van der Waals surface area contributed by atoms with Gasteiger partial charge in [0.05, 0.1) is 12.6 Å². The van der Waals surface area contributed by atoms with Crippen LogP contribution in [0.3, 0.4) is 0 Å². The van der Waals surface area contributed by atoms with Crippen molar-refractivity contribution in [2.75, 3.05) is 20.3 Å². The summed E-state index contributed by atoms with van der Waals surface area (Å²) in [6.07, 6.45) is 3.28. The van der Waals surface area contributed by atoms with E-state index in [0.29, 0.717) is 19.0 Å². The fraction of sp³-hybridized carbons (Fsp3) is 0.286. The number of carbonyl (C=O) groups excluding carboxylic acids is 1. The van der Waals surface area contributed by atoms with Crippen LogP contribution in [0.4, 0.5) is 0 Å². The van der Waals surface area contributed by atoms with Crippen LogP contribution in [-0.2, 0) is 10.3 Å². The molecular weight excluding hydrogens is 330 g/mol. The van der Waals surface area contributed by atoms with Crippen LogP contribution in [0, 0.1) is 0 Å². The molecule has 0 atom stereocenters. The number of amides is 1. The van der Waals surface area contributed by atoms with E-state index < -0.39 is 5.54 Å². The van der Waals surface area contributed by atoms with E-state index in [-0.39, 0.29) is 5.91 Å². The third kappa shape index (κ3) is 4.17. The second-order valence-electron chi connectivity index (χ2n) is 6.58. The third-order valence-electron chi connectivity index (χ3n) is 4.22. The molecule has 1 aliphatic heterocycles. The number of hydrogen-bond donors (Lipinski definition) is 1. The maximum absolute atomic E-state index is 12.4. The van der Waals surface area contributed by atoms with Gasteiger partial charge in [0.2, 0.25) is 5.91 Å². The first kappa shape index (κ1) is 17.9. The Morgan fingerprint density at radius 3 is 2.65 bits per heavy atom. The van der Waals surface area contributed by atoms with E-state index in [0.717, 1.165) is 22.6 Å². The van der Waals surface area contributed by atoms with Gasteiger partial charge in [-0.2, -0.15) is 0 Å². The zero-order chi connectivity index (χ0) is 18.6. The Balaban J connectivity index is 1.70. The number of benzene rings is 2. The van der Waals surface area contributed by atoms with E-state index in [2.05, 4.69) is 5.32 Å². The largest absolute Gasteiger partial charge is 0.497 e. The smallest absolute Gasteiger partial charge is 0.244 e. The molecule has 136 valence electrons. The minimum atomic E-state index is -0.550. The summed E-state index contributed by atoms with van der Waals surface area (Å²) >= 11 is 0. The molecule has 0 unspecified atom stereocenters. The van der Waals surface area contributed by atoms with Crippen molar-refractivity contribution in [1.82, 2.24) is 5.32 Å². The molecule has 2 aromatic rings. The summed E-state index contributed by atoms with van der Waals surface area (Å²) in [5, 5.41) is 3.02. The molecule has 0 fully saturated rings. The summed E-state index contributed by atoms with van der Waals surface area (Å²) in [6, 6.07) is 13.3. The van der Waals surface area contributed by atoms with Crippen molar-refractivity contribution in [3.05, 3.63) is 59.7 Å². The maximum atomic E-state index is 12.4. The van der Waals surface area contributed by atoms with Crippen LogP contribution < -0.4 is 19.5 Å². The normalized spacial score (nSPS) is 13.5. The number of methoxy groups -OCH3 is 1. The maximum Gasteiger partial charge on any atom is 0.244 e. The summed E-state index contributed by atoms with van der Waals surface area (Å²) in [4.78, 5) is 12.4. The Kier molecular flexibility index (Phi) is 5.16. The molecule has 0 aromatic heterocycles. The lowest BCUT2D eigenvalue weighted by atomic mass is 9.93. The first-order valence-corrected chi connectivity index (χ1v) is 8.52. The van der Waals surface area contributed by atoms with E-state index in [9.17, 15) is 4.79 Å². The topological polar surface area (TPSA) is 56.8 Å². The average Bonchev–Trinajstić information content (AvgIpc) is 2.66. The summed E-state index contributed by atoms with van der Waals surface area (Å²) in [5.74, 6) is 2.03. The predicted octanol–water partition coefficient (Wildman–Crippen LogP) is 3.53. The standard InChI is InChI=1S/C21H23NO4/c1-21(2,16-8-9-18-19(14-16)26-12-11-25-18)22-20(23)10-7-15-5-4-6-17(13-15)24-3/h4-10,13-14H,11-12H2,1-3H3,(H,22,23)/b10-7+. The second-order valence-corrected chi connectivity index (χ2v) is 6.58. The lowest BCUT2D eigenvalue weighted by Crippen LogP contribution is -2.40. The van der Waals surface area contributed by atoms with Gasteiger partial charge in [-0.1, -0.05) is 18.2 Å². The molecule has 0 bridgehead atoms. The SMILES string of the molecule is COc1cccc(/C=C/C(=O)NC(C)(C)c2ccc3c(c2)OCCO3)c1. The molecule has 0 saturated heterocycles. The van der Waals surface area contributed by atoms with Gasteiger partial charge in [0.25, 0.3) is 0 Å². The van der Waals surface area contributed by atoms with Gasteiger partial charge >= 0.3 is 0 Å². The summed E-state index contributed by atoms with van der Waals surface area (Å²) in [7, 11) is 1.62. The second kappa shape index (κ2) is 7.52. The van der Waals surface area contributed by atoms with Crippen LogP contribution in [-0.4, -0.2) is 26.2 Å². The van der Waals surface area contributed by atoms with Gasteiger partial charge in [-0.05, 0) is 55.3 Å². The van der Waals surface area contributed by atoms with Gasteiger partial charge in [0, 0.05) is 6.08 Å². The molecule has 1 N–H and O–H groups in total. The third-order valence-corrected chi connectivity index (χ3v) is 4.22. The molecule has 5 heteroatoms. The molecule has 0 saturated carbocycles. The minimum Gasteiger partial charge on any atom is -0.497 e. The average molecular weight is 353 g/mol. The Bertz CT molecular complexity index is 827. The molecule has 1 amide bonds. The van der Waals surface area contributed by atoms with Gasteiger partial charge in [0.15, 0.2) is 11.5 Å². The van der Waals surface area contributed by atoms with Crippen LogP contribution in [0.1, 0.15) is 25.0 Å². The van der Waals surface area contributed by atoms with Crippen molar-refractivity contribution >= 4 is 12.0 Å². The molecule has 2 aromatic carbocycles. The summed E-state index contributed by atoms with van der Waals surface area (Å²) in [5.41, 5.74) is 1.30. The zero-order valence-corrected chi connectivity index (χ0v) is 15.2. The monoisotopic (exact) mass is 353 g/mol. The number of hydrogen-bond acceptors (Lipinski definition) is 4. The Labute approximate surface area is 153 Å². The number of rotatable bonds is 5. The van der Waals surface area contributed by atoms with E-state index in [4.69, 9.17) is 14.2 Å². The van der Waals surface area contributed by atoms with Gasteiger partial charge in [0.1, 0.15) is 19.0 Å². The highest BCUT2D eigenvalue weighted by atomic mass is 16.6. The number of fused-ring (bicyclic) bond motifs is 1. The molecular formula is C21H23NO4. The Hall–Kier alpha value is -2.95. The molecule has 0 spiro atoms. The highest BCUT2D eigenvalue weighted by Gasteiger charge is 2.24. The number of ether oxygens (including phenoxy) is 3. The summed E-state index contributed by atoms with van der Waals surface area (Å²) < 4.78 is 16.4. The Morgan fingerprint density at radius 2 is 1.88 bits per heavy atom. The molecule has 3 rings (SSSR count). The highest BCUT2D eigenvalue weighted by molar-refractivity contribution is 5.92. The van der Waals surface area contributed by atoms with Gasteiger partial charge in [-0.25, -0.2) is 0 Å². The van der Waals surface area contributed by atoms with Crippen molar-refractivity contribution in [2.45, 2.75) is 19.4 Å². The zero-order valence-electron chi connectivity index (χ0n) is 15.2. The summed E-state index contributed by atoms with van der Waals surface area (Å²) in [6.45, 7) is 5.00. The quantitative estimate of drug-likeness (QED) is 0.836. The van der Waals surface area contributed by atoms with Crippen molar-refractivity contribution in [3.63, 3.8) is 0 Å². The van der Waals surface area contributed by atoms with Crippen LogP contribution in [0.25, 0.3) is 6.08 Å². The first-order chi connectivity index (χ1) is 12.5. The van der Waals surface area contributed by atoms with Gasteiger partial charge < -0.3 is 19.5 Å². The fourth-order valence-electron chi connectivity index (χ4n) is 2.77. The first-order valence-electron chi connectivity index (χ1n) is 8.52. The van der Waals surface area contributed by atoms with E-state index in [1.165, 1.54) is 6.08 Å². The van der Waals surface area contributed by atoms with Crippen molar-refractivity contribution in [1.29, 1.82) is 0 Å². The molecule has 5 nitrogen and oxygen atoms in total. The number of nitrogens with one attached hydrogen (secondary N) is 1. The van der Waals surface area contributed by atoms with E-state index >= 15 is 0 Å². The van der Waals surface area contributed by atoms with Crippen LogP contribution in [0.2, 0.25) is 0 Å². The molecule has 1 heterocycles. The lowest BCUT2D eigenvalue weighted by molar-refractivity contribution is -0.118. The molecule has 26 heavy (non-hydrogen) atoms. The van der Waals surface area contributed by atoms with Crippen molar-refractivity contribution in [3.8, 4) is 17.2 Å². The van der Waals surface area contributed by atoms with Crippen LogP contribution in [0.15, 0.2) is 48.5 Å². The van der Waals surface area contributed by atoms with Gasteiger partial charge in [-0.3, -0.25) is 4.79 Å². The molecule has 0 radical (unpaired) electrons. The lowest BCUT2D eigenvalue weighted by Gasteiger charge is -2.28. The van der Waals surface area contributed by atoms with E-state index in [1.54, 1.807) is 13.2 Å². The van der Waals surface area contributed by atoms with Gasteiger partial charge in [-0.15, -0.1) is 0 Å². The highest BCUT2D eigenvalue weighted by Crippen LogP contribution is 2.34. The van der Waals surface area contributed by atoms with Crippen LogP contribution >= 0.6 is 0 Å².